The maximum atomic E-state index is 12.5. The monoisotopic (exact) mass is 384 g/mol. The van der Waals surface area contributed by atoms with E-state index in [1.54, 1.807) is 0 Å². The Bertz CT molecular complexity index is 747. The molecule has 2 atom stereocenters. The van der Waals surface area contributed by atoms with Crippen molar-refractivity contribution in [3.8, 4) is 0 Å². The molecule has 28 heavy (non-hydrogen) atoms. The minimum atomic E-state index is -0.282. The first-order chi connectivity index (χ1) is 13.4. The quantitative estimate of drug-likeness (QED) is 0.767. The molecule has 1 saturated heterocycles. The van der Waals surface area contributed by atoms with Crippen LogP contribution in [-0.2, 0) is 11.3 Å². The fraction of sp³-hybridized carbons (Fsp3) is 0.545. The second-order valence-corrected chi connectivity index (χ2v) is 7.94. The molecule has 2 aromatic rings. The van der Waals surface area contributed by atoms with Crippen molar-refractivity contribution < 1.29 is 9.21 Å². The first-order valence-corrected chi connectivity index (χ1v) is 10.2. The van der Waals surface area contributed by atoms with Crippen molar-refractivity contribution in [1.82, 2.24) is 15.2 Å². The van der Waals surface area contributed by atoms with Crippen molar-refractivity contribution >= 4 is 5.91 Å². The van der Waals surface area contributed by atoms with Crippen LogP contribution >= 0.6 is 0 Å². The van der Waals surface area contributed by atoms with Gasteiger partial charge in [0.2, 0.25) is 11.8 Å². The summed E-state index contributed by atoms with van der Waals surface area (Å²) in [6, 6.07) is 9.53. The fourth-order valence-corrected chi connectivity index (χ4v) is 3.68. The van der Waals surface area contributed by atoms with Crippen LogP contribution in [-0.4, -0.2) is 35.4 Å². The van der Waals surface area contributed by atoms with E-state index in [9.17, 15) is 4.79 Å². The molecule has 0 bridgehead atoms. The van der Waals surface area contributed by atoms with Crippen LogP contribution in [0.5, 0.6) is 0 Å². The third kappa shape index (κ3) is 5.20. The smallest absolute Gasteiger partial charge is 0.224 e. The maximum absolute atomic E-state index is 12.5. The van der Waals surface area contributed by atoms with E-state index in [-0.39, 0.29) is 17.9 Å². The summed E-state index contributed by atoms with van der Waals surface area (Å²) in [5.74, 6) is 1.98. The number of nitrogens with one attached hydrogen (secondary N) is 1. The third-order valence-electron chi connectivity index (χ3n) is 5.84. The molecule has 2 heterocycles. The second-order valence-electron chi connectivity index (χ2n) is 7.94. The number of benzene rings is 1. The lowest BCUT2D eigenvalue weighted by Crippen LogP contribution is -2.41. The molecule has 3 rings (SSSR count). The molecule has 1 fully saturated rings. The summed E-state index contributed by atoms with van der Waals surface area (Å²) < 4.78 is 5.69. The van der Waals surface area contributed by atoms with Gasteiger partial charge in [0.05, 0.1) is 18.2 Å². The van der Waals surface area contributed by atoms with Crippen molar-refractivity contribution in [2.45, 2.75) is 46.2 Å². The van der Waals surface area contributed by atoms with Crippen LogP contribution in [0.4, 0.5) is 0 Å². The molecule has 6 heteroatoms. The zero-order valence-electron chi connectivity index (χ0n) is 17.1. The van der Waals surface area contributed by atoms with Gasteiger partial charge in [-0.2, -0.15) is 0 Å². The summed E-state index contributed by atoms with van der Waals surface area (Å²) in [5.41, 5.74) is 8.23. The lowest BCUT2D eigenvalue weighted by Gasteiger charge is -2.31. The van der Waals surface area contributed by atoms with E-state index in [0.717, 1.165) is 61.9 Å². The Hall–Kier alpha value is -2.18. The Morgan fingerprint density at radius 3 is 2.57 bits per heavy atom. The van der Waals surface area contributed by atoms with Crippen molar-refractivity contribution in [2.24, 2.45) is 17.6 Å². The van der Waals surface area contributed by atoms with Crippen LogP contribution in [0, 0.1) is 25.7 Å². The number of rotatable bonds is 7. The van der Waals surface area contributed by atoms with Crippen molar-refractivity contribution in [3.63, 3.8) is 0 Å². The molecule has 0 aliphatic carbocycles. The van der Waals surface area contributed by atoms with Gasteiger partial charge in [-0.1, -0.05) is 37.3 Å². The van der Waals surface area contributed by atoms with E-state index < -0.39 is 0 Å². The number of carbonyl (C=O) groups excluding carboxylic acids is 1. The molecular formula is C22H32N4O2. The molecule has 0 saturated carbocycles. The second kappa shape index (κ2) is 9.34. The number of amides is 1. The molecule has 1 aliphatic heterocycles. The topological polar surface area (TPSA) is 84.4 Å². The molecule has 1 aromatic heterocycles. The van der Waals surface area contributed by atoms with Crippen LogP contribution in [0.15, 0.2) is 34.7 Å². The lowest BCUT2D eigenvalue weighted by molar-refractivity contribution is -0.125. The number of oxazole rings is 1. The van der Waals surface area contributed by atoms with Gasteiger partial charge < -0.3 is 15.5 Å². The first kappa shape index (κ1) is 20.6. The minimum Gasteiger partial charge on any atom is -0.444 e. The molecule has 1 aliphatic rings. The average Bonchev–Trinajstić information content (AvgIpc) is 3.03. The third-order valence-corrected chi connectivity index (χ3v) is 5.84. The van der Waals surface area contributed by atoms with Crippen molar-refractivity contribution in [3.05, 3.63) is 53.2 Å². The van der Waals surface area contributed by atoms with Gasteiger partial charge in [-0.3, -0.25) is 9.69 Å². The number of piperidine rings is 1. The summed E-state index contributed by atoms with van der Waals surface area (Å²) in [7, 11) is 0. The first-order valence-electron chi connectivity index (χ1n) is 10.2. The molecule has 6 nitrogen and oxygen atoms in total. The van der Waals surface area contributed by atoms with Crippen LogP contribution in [0.2, 0.25) is 0 Å². The van der Waals surface area contributed by atoms with Crippen LogP contribution < -0.4 is 11.1 Å². The summed E-state index contributed by atoms with van der Waals surface area (Å²) in [6.07, 6.45) is 2.14. The average molecular weight is 385 g/mol. The van der Waals surface area contributed by atoms with Gasteiger partial charge >= 0.3 is 0 Å². The van der Waals surface area contributed by atoms with Gasteiger partial charge in [0.1, 0.15) is 5.76 Å². The van der Waals surface area contributed by atoms with Gasteiger partial charge in [0.25, 0.3) is 0 Å². The van der Waals surface area contributed by atoms with Gasteiger partial charge in [-0.25, -0.2) is 4.98 Å². The molecule has 0 spiro atoms. The zero-order chi connectivity index (χ0) is 20.1. The number of aryl methyl sites for hydroxylation is 2. The zero-order valence-corrected chi connectivity index (χ0v) is 17.1. The number of nitrogens with two attached hydrogens (primary N) is 1. The van der Waals surface area contributed by atoms with Crippen molar-refractivity contribution in [1.29, 1.82) is 0 Å². The SMILES string of the molecule is Cc1nc(CN2CCC(CNC(=O)C(C)C(N)c3ccccc3)CC2)oc1C. The molecule has 3 N–H and O–H groups in total. The largest absolute Gasteiger partial charge is 0.444 e. The minimum absolute atomic E-state index is 0.0320. The fourth-order valence-electron chi connectivity index (χ4n) is 3.68. The predicted molar refractivity (Wildman–Crippen MR) is 110 cm³/mol. The number of nitrogens with zero attached hydrogens (tertiary/aromatic N) is 2. The van der Waals surface area contributed by atoms with Gasteiger partial charge in [0.15, 0.2) is 0 Å². The van der Waals surface area contributed by atoms with E-state index in [0.29, 0.717) is 5.92 Å². The highest BCUT2D eigenvalue weighted by Gasteiger charge is 2.25. The summed E-state index contributed by atoms with van der Waals surface area (Å²) in [5, 5.41) is 3.11. The van der Waals surface area contributed by atoms with E-state index in [1.807, 2.05) is 51.1 Å². The summed E-state index contributed by atoms with van der Waals surface area (Å²) in [6.45, 7) is 9.30. The van der Waals surface area contributed by atoms with E-state index in [1.165, 1.54) is 0 Å². The van der Waals surface area contributed by atoms with Crippen LogP contribution in [0.1, 0.15) is 48.7 Å². The Morgan fingerprint density at radius 1 is 1.29 bits per heavy atom. The predicted octanol–water partition coefficient (Wildman–Crippen LogP) is 2.96. The number of likely N-dealkylation sites (tertiary alicyclic amines) is 1. The normalized spacial score (nSPS) is 18.0. The molecule has 1 aromatic carbocycles. The van der Waals surface area contributed by atoms with E-state index in [4.69, 9.17) is 10.2 Å². The van der Waals surface area contributed by atoms with Gasteiger partial charge in [-0.15, -0.1) is 0 Å². The van der Waals surface area contributed by atoms with Gasteiger partial charge in [-0.05, 0) is 51.3 Å². The highest BCUT2D eigenvalue weighted by atomic mass is 16.4. The Balaban J connectivity index is 1.40. The maximum Gasteiger partial charge on any atom is 0.224 e. The summed E-state index contributed by atoms with van der Waals surface area (Å²) in [4.78, 5) is 19.4. The van der Waals surface area contributed by atoms with E-state index in [2.05, 4.69) is 15.2 Å². The number of carbonyl (C=O) groups is 1. The standard InChI is InChI=1S/C22H32N4O2/c1-15(21(23)19-7-5-4-6-8-19)22(27)24-13-18-9-11-26(12-10-18)14-20-25-16(2)17(3)28-20/h4-8,15,18,21H,9-14,23H2,1-3H3,(H,24,27). The number of hydrogen-bond donors (Lipinski definition) is 2. The summed E-state index contributed by atoms with van der Waals surface area (Å²) >= 11 is 0. The molecular weight excluding hydrogens is 352 g/mol. The highest BCUT2D eigenvalue weighted by Crippen LogP contribution is 2.21. The molecule has 152 valence electrons. The van der Waals surface area contributed by atoms with Crippen LogP contribution in [0.3, 0.4) is 0 Å². The highest BCUT2D eigenvalue weighted by molar-refractivity contribution is 5.79. The van der Waals surface area contributed by atoms with Crippen LogP contribution in [0.25, 0.3) is 0 Å². The number of aromatic nitrogens is 1. The van der Waals surface area contributed by atoms with Crippen molar-refractivity contribution in [2.75, 3.05) is 19.6 Å². The number of hydrogen-bond acceptors (Lipinski definition) is 5. The Labute approximate surface area is 167 Å². The Morgan fingerprint density at radius 2 is 1.96 bits per heavy atom. The van der Waals surface area contributed by atoms with Gasteiger partial charge in [0, 0.05) is 12.6 Å². The lowest BCUT2D eigenvalue weighted by atomic mass is 9.93. The van der Waals surface area contributed by atoms with E-state index >= 15 is 0 Å². The Kier molecular flexibility index (Phi) is 6.86. The molecule has 0 radical (unpaired) electrons. The molecule has 2 unspecified atom stereocenters. The molecule has 1 amide bonds.